The van der Waals surface area contributed by atoms with Crippen molar-refractivity contribution < 1.29 is 4.79 Å². The molecule has 0 radical (unpaired) electrons. The van der Waals surface area contributed by atoms with Crippen LogP contribution in [0.3, 0.4) is 0 Å². The molecule has 1 aromatic heterocycles. The van der Waals surface area contributed by atoms with E-state index in [0.29, 0.717) is 23.8 Å². The number of hydrogen-bond acceptors (Lipinski definition) is 3. The summed E-state index contributed by atoms with van der Waals surface area (Å²) in [6.07, 6.45) is 3.61. The summed E-state index contributed by atoms with van der Waals surface area (Å²) in [5.74, 6) is 2.71. The highest BCUT2D eigenvalue weighted by Gasteiger charge is 2.28. The lowest BCUT2D eigenvalue weighted by molar-refractivity contribution is 0.195. The molecule has 4 rings (SSSR count). The summed E-state index contributed by atoms with van der Waals surface area (Å²) in [6.45, 7) is 3.85. The van der Waals surface area contributed by atoms with Crippen LogP contribution in [0, 0.1) is 12.8 Å². The minimum atomic E-state index is -0.154. The Morgan fingerprint density at radius 2 is 2.17 bits per heavy atom. The van der Waals surface area contributed by atoms with Gasteiger partial charge in [0.05, 0.1) is 17.3 Å². The molecule has 0 atom stereocenters. The van der Waals surface area contributed by atoms with Crippen LogP contribution in [0.2, 0.25) is 5.02 Å². The Morgan fingerprint density at radius 3 is 2.92 bits per heavy atom. The Labute approximate surface area is 145 Å². The van der Waals surface area contributed by atoms with E-state index in [2.05, 4.69) is 20.1 Å². The van der Waals surface area contributed by atoms with E-state index < -0.39 is 0 Å². The number of carbonyl (C=O) groups is 1. The maximum absolute atomic E-state index is 12.5. The van der Waals surface area contributed by atoms with Gasteiger partial charge in [-0.1, -0.05) is 17.7 Å². The summed E-state index contributed by atoms with van der Waals surface area (Å²) in [5.41, 5.74) is 1.70. The summed E-state index contributed by atoms with van der Waals surface area (Å²) >= 11 is 6.19. The lowest BCUT2D eigenvalue weighted by atomic mass is 10.2. The largest absolute Gasteiger partial charge is 0.322 e. The van der Waals surface area contributed by atoms with Gasteiger partial charge < -0.3 is 14.8 Å². The van der Waals surface area contributed by atoms with Gasteiger partial charge in [0.25, 0.3) is 0 Å². The number of nitrogens with zero attached hydrogens (tertiary/aromatic N) is 4. The van der Waals surface area contributed by atoms with E-state index in [9.17, 15) is 4.79 Å². The molecule has 0 spiro atoms. The fourth-order valence-corrected chi connectivity index (χ4v) is 3.32. The Hall–Kier alpha value is -2.08. The van der Waals surface area contributed by atoms with Crippen molar-refractivity contribution in [2.45, 2.75) is 39.3 Å². The number of urea groups is 1. The van der Waals surface area contributed by atoms with E-state index in [4.69, 9.17) is 11.6 Å². The van der Waals surface area contributed by atoms with Crippen LogP contribution in [0.15, 0.2) is 18.2 Å². The second kappa shape index (κ2) is 6.09. The van der Waals surface area contributed by atoms with Crippen LogP contribution < -0.4 is 5.32 Å². The summed E-state index contributed by atoms with van der Waals surface area (Å²) < 4.78 is 2.17. The molecule has 2 aromatic rings. The van der Waals surface area contributed by atoms with E-state index in [1.54, 1.807) is 4.90 Å². The van der Waals surface area contributed by atoms with Gasteiger partial charge in [0.15, 0.2) is 5.82 Å². The summed E-state index contributed by atoms with van der Waals surface area (Å²) in [6, 6.07) is 5.45. The number of anilines is 1. The van der Waals surface area contributed by atoms with Crippen LogP contribution in [0.5, 0.6) is 0 Å². The minimum absolute atomic E-state index is 0.154. The predicted octanol–water partition coefficient (Wildman–Crippen LogP) is 3.24. The van der Waals surface area contributed by atoms with Crippen molar-refractivity contribution in [1.29, 1.82) is 0 Å². The van der Waals surface area contributed by atoms with Gasteiger partial charge >= 0.3 is 6.03 Å². The quantitative estimate of drug-likeness (QED) is 0.928. The number of fused-ring (bicyclic) bond motifs is 1. The number of rotatable bonds is 3. The first-order valence-electron chi connectivity index (χ1n) is 8.33. The number of halogens is 1. The highest BCUT2D eigenvalue weighted by atomic mass is 35.5. The van der Waals surface area contributed by atoms with E-state index in [-0.39, 0.29) is 6.03 Å². The van der Waals surface area contributed by atoms with Gasteiger partial charge in [0.1, 0.15) is 5.82 Å². The van der Waals surface area contributed by atoms with Gasteiger partial charge in [0, 0.05) is 19.5 Å². The number of benzene rings is 1. The normalized spacial score (nSPS) is 16.8. The number of hydrogen-bond donors (Lipinski definition) is 1. The number of amides is 2. The van der Waals surface area contributed by atoms with Gasteiger partial charge in [-0.15, -0.1) is 10.2 Å². The highest BCUT2D eigenvalue weighted by Crippen LogP contribution is 2.32. The first-order valence-corrected chi connectivity index (χ1v) is 8.71. The lowest BCUT2D eigenvalue weighted by Crippen LogP contribution is -2.41. The molecular weight excluding hydrogens is 326 g/mol. The molecule has 2 heterocycles. The second-order valence-corrected chi connectivity index (χ2v) is 7.07. The molecule has 0 bridgehead atoms. The zero-order chi connectivity index (χ0) is 16.7. The molecule has 7 heteroatoms. The van der Waals surface area contributed by atoms with Crippen molar-refractivity contribution in [3.05, 3.63) is 40.4 Å². The van der Waals surface area contributed by atoms with E-state index in [1.165, 1.54) is 12.8 Å². The van der Waals surface area contributed by atoms with Crippen LogP contribution in [-0.2, 0) is 19.5 Å². The molecule has 126 valence electrons. The number of nitrogens with one attached hydrogen (secondary N) is 1. The summed E-state index contributed by atoms with van der Waals surface area (Å²) in [5, 5.41) is 12.0. The molecule has 1 N–H and O–H groups in total. The van der Waals surface area contributed by atoms with Crippen LogP contribution in [0.1, 0.15) is 30.1 Å². The van der Waals surface area contributed by atoms with Crippen LogP contribution in [-0.4, -0.2) is 32.2 Å². The number of aryl methyl sites for hydroxylation is 1. The van der Waals surface area contributed by atoms with Gasteiger partial charge in [-0.25, -0.2) is 4.79 Å². The number of carbonyl (C=O) groups excluding carboxylic acids is 1. The van der Waals surface area contributed by atoms with Crippen molar-refractivity contribution in [1.82, 2.24) is 19.7 Å². The molecule has 0 saturated heterocycles. The Kier molecular flexibility index (Phi) is 3.92. The Bertz CT molecular complexity index is 783. The fraction of sp³-hybridized carbons (Fsp3) is 0.471. The van der Waals surface area contributed by atoms with E-state index in [1.807, 2.05) is 25.1 Å². The van der Waals surface area contributed by atoms with Crippen molar-refractivity contribution in [3.63, 3.8) is 0 Å². The smallest absolute Gasteiger partial charge is 0.315 e. The Morgan fingerprint density at radius 1 is 1.33 bits per heavy atom. The average Bonchev–Trinajstić information content (AvgIpc) is 3.29. The van der Waals surface area contributed by atoms with Crippen molar-refractivity contribution in [2.24, 2.45) is 5.92 Å². The molecule has 2 amide bonds. The maximum Gasteiger partial charge on any atom is 0.322 e. The van der Waals surface area contributed by atoms with Crippen molar-refractivity contribution in [2.75, 3.05) is 11.9 Å². The zero-order valence-corrected chi connectivity index (χ0v) is 14.4. The molecular formula is C17H20ClN5O. The molecule has 1 aliphatic carbocycles. The molecule has 1 saturated carbocycles. The van der Waals surface area contributed by atoms with Crippen LogP contribution >= 0.6 is 11.6 Å². The van der Waals surface area contributed by atoms with Crippen molar-refractivity contribution >= 4 is 23.3 Å². The second-order valence-electron chi connectivity index (χ2n) is 6.67. The third kappa shape index (κ3) is 3.11. The van der Waals surface area contributed by atoms with Gasteiger partial charge in [0.2, 0.25) is 0 Å². The predicted molar refractivity (Wildman–Crippen MR) is 92.1 cm³/mol. The maximum atomic E-state index is 12.5. The molecule has 2 aliphatic rings. The molecule has 1 aliphatic heterocycles. The third-order valence-electron chi connectivity index (χ3n) is 4.65. The average molecular weight is 346 g/mol. The topological polar surface area (TPSA) is 63.1 Å². The fourth-order valence-electron chi connectivity index (χ4n) is 3.04. The van der Waals surface area contributed by atoms with Gasteiger partial charge in [-0.05, 0) is 43.4 Å². The Balaban J connectivity index is 1.44. The number of aromatic nitrogens is 3. The molecule has 24 heavy (non-hydrogen) atoms. The standard InChI is InChI=1S/C17H20ClN5O/c1-11-2-5-14(13(18)8-11)19-17(24)22-6-7-23-15(9-12-3-4-12)20-21-16(23)10-22/h2,5,8,12H,3-4,6-7,9-10H2,1H3,(H,19,24). The molecule has 1 fully saturated rings. The molecule has 1 aromatic carbocycles. The van der Waals surface area contributed by atoms with Crippen LogP contribution in [0.25, 0.3) is 0 Å². The van der Waals surface area contributed by atoms with Gasteiger partial charge in [-0.3, -0.25) is 0 Å². The third-order valence-corrected chi connectivity index (χ3v) is 4.96. The SMILES string of the molecule is Cc1ccc(NC(=O)N2CCn3c(CC4CC4)nnc3C2)c(Cl)c1. The summed E-state index contributed by atoms with van der Waals surface area (Å²) in [4.78, 5) is 14.3. The van der Waals surface area contributed by atoms with E-state index in [0.717, 1.165) is 36.1 Å². The van der Waals surface area contributed by atoms with Gasteiger partial charge in [-0.2, -0.15) is 0 Å². The highest BCUT2D eigenvalue weighted by molar-refractivity contribution is 6.33. The monoisotopic (exact) mass is 345 g/mol. The summed E-state index contributed by atoms with van der Waals surface area (Å²) in [7, 11) is 0. The van der Waals surface area contributed by atoms with E-state index >= 15 is 0 Å². The molecule has 6 nitrogen and oxygen atoms in total. The van der Waals surface area contributed by atoms with Crippen molar-refractivity contribution in [3.8, 4) is 0 Å². The molecule has 0 unspecified atom stereocenters. The van der Waals surface area contributed by atoms with Crippen LogP contribution in [0.4, 0.5) is 10.5 Å². The lowest BCUT2D eigenvalue weighted by Gasteiger charge is -2.28. The first-order chi connectivity index (χ1) is 11.6. The first kappa shape index (κ1) is 15.4. The minimum Gasteiger partial charge on any atom is -0.315 e. The zero-order valence-electron chi connectivity index (χ0n) is 13.6.